The second-order valence-corrected chi connectivity index (χ2v) is 5.64. The van der Waals surface area contributed by atoms with Gasteiger partial charge in [-0.05, 0) is 48.6 Å². The lowest BCUT2D eigenvalue weighted by molar-refractivity contribution is 0.0724. The van der Waals surface area contributed by atoms with Crippen LogP contribution in [0.25, 0.3) is 10.6 Å². The smallest absolute Gasteiger partial charge is 0.365 e. The molecule has 0 atom stereocenters. The van der Waals surface area contributed by atoms with Gasteiger partial charge in [-0.3, -0.25) is 0 Å². The highest BCUT2D eigenvalue weighted by Crippen LogP contribution is 2.25. The minimum atomic E-state index is -0.523. The number of ether oxygens (including phenoxy) is 1. The lowest BCUT2D eigenvalue weighted by Crippen LogP contribution is -2.08. The monoisotopic (exact) mass is 299 g/mol. The Bertz CT molecular complexity index is 775. The molecule has 4 nitrogen and oxygen atoms in total. The Morgan fingerprint density at radius 2 is 2.05 bits per heavy atom. The lowest BCUT2D eigenvalue weighted by Gasteiger charge is -2.04. The van der Waals surface area contributed by atoms with E-state index in [9.17, 15) is 4.79 Å². The molecule has 0 unspecified atom stereocenters. The zero-order valence-electron chi connectivity index (χ0n) is 11.6. The highest BCUT2D eigenvalue weighted by atomic mass is 32.1. The molecule has 106 valence electrons. The van der Waals surface area contributed by atoms with Crippen molar-refractivity contribution in [2.75, 3.05) is 0 Å². The van der Waals surface area contributed by atoms with Gasteiger partial charge in [0.15, 0.2) is 11.5 Å². The molecule has 0 spiro atoms. The Morgan fingerprint density at radius 1 is 1.19 bits per heavy atom. The van der Waals surface area contributed by atoms with E-state index in [1.54, 1.807) is 12.1 Å². The third kappa shape index (κ3) is 2.87. The number of aromatic nitrogens is 1. The zero-order chi connectivity index (χ0) is 14.8. The van der Waals surface area contributed by atoms with E-state index in [1.165, 1.54) is 11.3 Å². The van der Waals surface area contributed by atoms with Gasteiger partial charge >= 0.3 is 5.97 Å². The van der Waals surface area contributed by atoms with Gasteiger partial charge in [0, 0.05) is 6.07 Å². The summed E-state index contributed by atoms with van der Waals surface area (Å²) in [6.07, 6.45) is 0. The number of hydrogen-bond donors (Lipinski definition) is 0. The molecule has 2 heterocycles. The number of benzene rings is 1. The van der Waals surface area contributed by atoms with Gasteiger partial charge in [-0.25, -0.2) is 4.79 Å². The molecule has 3 rings (SSSR count). The van der Waals surface area contributed by atoms with Crippen LogP contribution in [0.1, 0.15) is 21.6 Å². The van der Waals surface area contributed by atoms with Gasteiger partial charge in [-0.2, -0.15) is 0 Å². The van der Waals surface area contributed by atoms with Crippen molar-refractivity contribution >= 4 is 17.3 Å². The third-order valence-corrected chi connectivity index (χ3v) is 4.06. The first-order valence-electron chi connectivity index (χ1n) is 6.43. The quantitative estimate of drug-likeness (QED) is 0.536. The Kier molecular flexibility index (Phi) is 3.58. The van der Waals surface area contributed by atoms with E-state index in [4.69, 9.17) is 9.26 Å². The summed E-state index contributed by atoms with van der Waals surface area (Å²) in [6.45, 7) is 3.98. The number of carbonyl (C=O) groups excluding carboxylic acids is 1. The molecule has 3 aromatic rings. The van der Waals surface area contributed by atoms with Crippen LogP contribution < -0.4 is 4.74 Å². The predicted molar refractivity (Wildman–Crippen MR) is 80.7 cm³/mol. The van der Waals surface area contributed by atoms with Gasteiger partial charge in [-0.1, -0.05) is 17.3 Å². The number of esters is 1. The molecule has 0 aliphatic heterocycles. The number of carbonyl (C=O) groups is 1. The molecule has 0 aliphatic carbocycles. The number of rotatable bonds is 3. The number of aryl methyl sites for hydroxylation is 2. The maximum absolute atomic E-state index is 12.1. The molecule has 0 amide bonds. The minimum absolute atomic E-state index is 0.164. The normalized spacial score (nSPS) is 10.6. The fraction of sp³-hybridized carbons (Fsp3) is 0.125. The first-order chi connectivity index (χ1) is 10.1. The number of hydrogen-bond acceptors (Lipinski definition) is 5. The third-order valence-electron chi connectivity index (χ3n) is 3.17. The van der Waals surface area contributed by atoms with E-state index in [-0.39, 0.29) is 5.69 Å². The van der Waals surface area contributed by atoms with E-state index < -0.39 is 5.97 Å². The fourth-order valence-corrected chi connectivity index (χ4v) is 2.52. The summed E-state index contributed by atoms with van der Waals surface area (Å²) in [7, 11) is 0. The van der Waals surface area contributed by atoms with Crippen LogP contribution in [0.3, 0.4) is 0 Å². The van der Waals surface area contributed by atoms with E-state index in [0.717, 1.165) is 16.0 Å². The van der Waals surface area contributed by atoms with Crippen LogP contribution in [0.5, 0.6) is 5.75 Å². The standard InChI is InChI=1S/C16H13NO3S/c1-10-5-6-12(8-11(10)2)19-16(18)13-9-14(20-17-13)15-4-3-7-21-15/h3-9H,1-2H3. The average Bonchev–Trinajstić information content (AvgIpc) is 3.12. The second kappa shape index (κ2) is 5.54. The highest BCUT2D eigenvalue weighted by molar-refractivity contribution is 7.13. The van der Waals surface area contributed by atoms with Crippen molar-refractivity contribution in [3.8, 4) is 16.4 Å². The lowest BCUT2D eigenvalue weighted by atomic mass is 10.1. The molecule has 1 aromatic carbocycles. The maximum atomic E-state index is 12.1. The van der Waals surface area contributed by atoms with Crippen molar-refractivity contribution < 1.29 is 14.1 Å². The molecule has 0 saturated carbocycles. The first-order valence-corrected chi connectivity index (χ1v) is 7.31. The SMILES string of the molecule is Cc1ccc(OC(=O)c2cc(-c3cccs3)on2)cc1C. The van der Waals surface area contributed by atoms with E-state index in [1.807, 2.05) is 43.5 Å². The number of nitrogens with zero attached hydrogens (tertiary/aromatic N) is 1. The van der Waals surface area contributed by atoms with Gasteiger partial charge in [0.25, 0.3) is 0 Å². The van der Waals surface area contributed by atoms with Crippen LogP contribution in [-0.4, -0.2) is 11.1 Å². The molecule has 0 N–H and O–H groups in total. The van der Waals surface area contributed by atoms with Crippen molar-refractivity contribution in [3.63, 3.8) is 0 Å². The second-order valence-electron chi connectivity index (χ2n) is 4.69. The summed E-state index contributed by atoms with van der Waals surface area (Å²) in [5, 5.41) is 5.70. The molecule has 0 fully saturated rings. The van der Waals surface area contributed by atoms with Crippen molar-refractivity contribution in [1.82, 2.24) is 5.16 Å². The van der Waals surface area contributed by atoms with Crippen LogP contribution >= 0.6 is 11.3 Å². The summed E-state index contributed by atoms with van der Waals surface area (Å²) in [6, 6.07) is 10.9. The maximum Gasteiger partial charge on any atom is 0.365 e. The molecular formula is C16H13NO3S. The van der Waals surface area contributed by atoms with Crippen LogP contribution in [0, 0.1) is 13.8 Å². The molecule has 0 bridgehead atoms. The topological polar surface area (TPSA) is 52.3 Å². The summed E-state index contributed by atoms with van der Waals surface area (Å²) < 4.78 is 10.5. The van der Waals surface area contributed by atoms with E-state index in [0.29, 0.717) is 11.5 Å². The predicted octanol–water partition coefficient (Wildman–Crippen LogP) is 4.24. The summed E-state index contributed by atoms with van der Waals surface area (Å²) in [4.78, 5) is 13.0. The highest BCUT2D eigenvalue weighted by Gasteiger charge is 2.16. The minimum Gasteiger partial charge on any atom is -0.422 e. The molecule has 0 radical (unpaired) electrons. The van der Waals surface area contributed by atoms with Crippen LogP contribution in [0.4, 0.5) is 0 Å². The Labute approximate surface area is 126 Å². The first kappa shape index (κ1) is 13.6. The van der Waals surface area contributed by atoms with Gasteiger partial charge in [-0.15, -0.1) is 11.3 Å². The van der Waals surface area contributed by atoms with E-state index >= 15 is 0 Å². The molecule has 5 heteroatoms. The molecule has 2 aromatic heterocycles. The van der Waals surface area contributed by atoms with Crippen molar-refractivity contribution in [2.45, 2.75) is 13.8 Å². The van der Waals surface area contributed by atoms with Crippen molar-refractivity contribution in [2.24, 2.45) is 0 Å². The van der Waals surface area contributed by atoms with Gasteiger partial charge in [0.1, 0.15) is 5.75 Å². The molecule has 0 saturated heterocycles. The van der Waals surface area contributed by atoms with Gasteiger partial charge in [0.05, 0.1) is 4.88 Å². The average molecular weight is 299 g/mol. The van der Waals surface area contributed by atoms with Crippen molar-refractivity contribution in [3.05, 3.63) is 58.6 Å². The summed E-state index contributed by atoms with van der Waals surface area (Å²) in [5.41, 5.74) is 2.38. The molecule has 21 heavy (non-hydrogen) atoms. The molecule has 0 aliphatic rings. The summed E-state index contributed by atoms with van der Waals surface area (Å²) >= 11 is 1.52. The number of thiophene rings is 1. The van der Waals surface area contributed by atoms with Crippen LogP contribution in [-0.2, 0) is 0 Å². The van der Waals surface area contributed by atoms with Crippen LogP contribution in [0.2, 0.25) is 0 Å². The molecular weight excluding hydrogens is 286 g/mol. The largest absolute Gasteiger partial charge is 0.422 e. The van der Waals surface area contributed by atoms with Crippen LogP contribution in [0.15, 0.2) is 46.3 Å². The van der Waals surface area contributed by atoms with Crippen molar-refractivity contribution in [1.29, 1.82) is 0 Å². The Hall–Kier alpha value is -2.40. The van der Waals surface area contributed by atoms with E-state index in [2.05, 4.69) is 5.16 Å². The summed E-state index contributed by atoms with van der Waals surface area (Å²) in [5.74, 6) is 0.547. The van der Waals surface area contributed by atoms with Gasteiger partial charge in [0.2, 0.25) is 0 Å². The Morgan fingerprint density at radius 3 is 2.76 bits per heavy atom. The Balaban J connectivity index is 1.78. The van der Waals surface area contributed by atoms with Gasteiger partial charge < -0.3 is 9.26 Å². The fourth-order valence-electron chi connectivity index (χ4n) is 1.84. The zero-order valence-corrected chi connectivity index (χ0v) is 12.4.